The first-order valence-corrected chi connectivity index (χ1v) is 10.5. The number of rotatable bonds is 2. The van der Waals surface area contributed by atoms with Gasteiger partial charge in [0.05, 0.1) is 53.4 Å². The van der Waals surface area contributed by atoms with Crippen molar-refractivity contribution in [1.82, 2.24) is 9.71 Å². The second-order valence-electron chi connectivity index (χ2n) is 6.77. The highest BCUT2D eigenvalue weighted by Gasteiger charge is 2.44. The van der Waals surface area contributed by atoms with Crippen molar-refractivity contribution < 1.29 is 27.6 Å². The molecule has 29 heavy (non-hydrogen) atoms. The summed E-state index contributed by atoms with van der Waals surface area (Å²) in [6.45, 7) is 0.585. The van der Waals surface area contributed by atoms with E-state index in [-0.39, 0.29) is 48.0 Å². The Morgan fingerprint density at radius 3 is 1.86 bits per heavy atom. The Morgan fingerprint density at radius 2 is 1.34 bits per heavy atom. The largest absolute Gasteiger partial charge is 0.418 e. The molecule has 0 bridgehead atoms. The molecule has 4 heterocycles. The van der Waals surface area contributed by atoms with Crippen molar-refractivity contribution >= 4 is 38.7 Å². The van der Waals surface area contributed by atoms with Crippen molar-refractivity contribution in [1.29, 1.82) is 0 Å². The van der Waals surface area contributed by atoms with Crippen molar-refractivity contribution in [2.45, 2.75) is 0 Å². The van der Waals surface area contributed by atoms with Crippen molar-refractivity contribution in [2.75, 3.05) is 26.4 Å². The predicted molar refractivity (Wildman–Crippen MR) is 100 cm³/mol. The zero-order chi connectivity index (χ0) is 20.3. The van der Waals surface area contributed by atoms with Crippen LogP contribution in [0.3, 0.4) is 0 Å². The smallest absolute Gasteiger partial charge is 0.328 e. The van der Waals surface area contributed by atoms with Crippen LogP contribution in [0.1, 0.15) is 0 Å². The normalized spacial score (nSPS) is 27.8. The van der Waals surface area contributed by atoms with E-state index in [9.17, 15) is 24.1 Å². The number of hydrogen-bond donors (Lipinski definition) is 2. The minimum absolute atomic E-state index is 0.0238. The van der Waals surface area contributed by atoms with Crippen LogP contribution in [0.2, 0.25) is 0 Å². The third-order valence-corrected chi connectivity index (χ3v) is 6.44. The van der Waals surface area contributed by atoms with Crippen LogP contribution in [-0.2, 0) is 18.1 Å². The van der Waals surface area contributed by atoms with Crippen molar-refractivity contribution in [2.24, 2.45) is 5.41 Å². The van der Waals surface area contributed by atoms with E-state index >= 15 is 0 Å². The van der Waals surface area contributed by atoms with Gasteiger partial charge in [0.25, 0.3) is 22.2 Å². The quantitative estimate of drug-likeness (QED) is 0.491. The maximum Gasteiger partial charge on any atom is 0.418 e. The van der Waals surface area contributed by atoms with Crippen LogP contribution < -0.4 is 26.9 Å². The number of hydrogen-bond acceptors (Lipinski definition) is 10. The van der Waals surface area contributed by atoms with Gasteiger partial charge in [0.15, 0.2) is 0 Å². The van der Waals surface area contributed by atoms with E-state index in [0.29, 0.717) is 4.73 Å². The van der Waals surface area contributed by atoms with Crippen LogP contribution in [0.25, 0.3) is 21.5 Å². The number of benzene rings is 1. The molecule has 0 radical (unpaired) electrons. The van der Waals surface area contributed by atoms with E-state index < -0.39 is 44.9 Å². The number of aromatic amines is 1. The standard InChI is InChI=1S/C15H12N2O10P2/c18-11-7-1-9-10(2-8(7)12(19)16-11)14(21)17(13(9)20)27-29-25-5-15(6-26-29)3-23-28(22)24-4-15/h1-2,22H,3-6H2,(H,16,18,19). The summed E-state index contributed by atoms with van der Waals surface area (Å²) in [5.74, 6) is 0. The predicted octanol–water partition coefficient (Wildman–Crippen LogP) is -0.606. The van der Waals surface area contributed by atoms with Gasteiger partial charge in [0, 0.05) is 0 Å². The van der Waals surface area contributed by atoms with Crippen molar-refractivity contribution in [3.05, 3.63) is 53.5 Å². The van der Waals surface area contributed by atoms with Crippen LogP contribution >= 0.6 is 17.2 Å². The second-order valence-corrected chi connectivity index (χ2v) is 8.89. The zero-order valence-electron chi connectivity index (χ0n) is 14.4. The molecule has 2 aliphatic rings. The van der Waals surface area contributed by atoms with E-state index in [1.54, 1.807) is 0 Å². The lowest BCUT2D eigenvalue weighted by Gasteiger charge is -2.40. The first-order valence-electron chi connectivity index (χ1n) is 8.28. The Morgan fingerprint density at radius 1 is 0.862 bits per heavy atom. The van der Waals surface area contributed by atoms with E-state index in [1.807, 2.05) is 0 Å². The van der Waals surface area contributed by atoms with Crippen molar-refractivity contribution in [3.8, 4) is 0 Å². The Hall–Kier alpha value is -2.04. The Labute approximate surface area is 162 Å². The molecule has 1 aromatic carbocycles. The van der Waals surface area contributed by atoms with E-state index in [2.05, 4.69) is 4.98 Å². The molecule has 0 aliphatic carbocycles. The molecule has 5 rings (SSSR count). The molecular weight excluding hydrogens is 430 g/mol. The van der Waals surface area contributed by atoms with Crippen molar-refractivity contribution in [3.63, 3.8) is 0 Å². The maximum absolute atomic E-state index is 12.6. The molecule has 2 fully saturated rings. The van der Waals surface area contributed by atoms with Gasteiger partial charge in [-0.15, -0.1) is 0 Å². The fraction of sp³-hybridized carbons (Fsp3) is 0.333. The summed E-state index contributed by atoms with van der Waals surface area (Å²) in [5, 5.41) is -0.0497. The highest BCUT2D eigenvalue weighted by Crippen LogP contribution is 2.49. The monoisotopic (exact) mass is 442 g/mol. The Kier molecular flexibility index (Phi) is 4.41. The van der Waals surface area contributed by atoms with Gasteiger partial charge in [-0.2, -0.15) is 0 Å². The van der Waals surface area contributed by atoms with Gasteiger partial charge < -0.3 is 27.6 Å². The highest BCUT2D eigenvalue weighted by atomic mass is 31.2. The molecule has 1 spiro atoms. The fourth-order valence-corrected chi connectivity index (χ4v) is 5.21. The molecule has 2 saturated heterocycles. The molecule has 0 amide bonds. The number of fused-ring (bicyclic) bond motifs is 2. The maximum atomic E-state index is 12.6. The minimum Gasteiger partial charge on any atom is -0.328 e. The fourth-order valence-electron chi connectivity index (χ4n) is 3.15. The number of nitrogens with one attached hydrogen (secondary N) is 1. The SMILES string of the molecule is O=c1[nH]c(=O)c2cc3c(=O)n(OP4OCC5(COP(O)OC5)CO4)c(=O)c3cc12. The summed E-state index contributed by atoms with van der Waals surface area (Å²) in [4.78, 5) is 60.2. The third kappa shape index (κ3) is 3.04. The molecular formula is C15H12N2O10P2. The first kappa shape index (κ1) is 19.0. The Bertz CT molecular complexity index is 1230. The number of aromatic nitrogens is 2. The van der Waals surface area contributed by atoms with Gasteiger partial charge in [-0.05, 0) is 12.1 Å². The Balaban J connectivity index is 1.43. The average molecular weight is 442 g/mol. The van der Waals surface area contributed by atoms with Gasteiger partial charge in [-0.1, -0.05) is 4.73 Å². The lowest BCUT2D eigenvalue weighted by molar-refractivity contribution is -0.0736. The van der Waals surface area contributed by atoms with Crippen LogP contribution in [0, 0.1) is 5.41 Å². The third-order valence-electron chi connectivity index (χ3n) is 4.77. The molecule has 0 saturated carbocycles. The molecule has 12 nitrogen and oxygen atoms in total. The molecule has 152 valence electrons. The van der Waals surface area contributed by atoms with E-state index in [4.69, 9.17) is 22.7 Å². The van der Waals surface area contributed by atoms with Crippen LogP contribution in [0.15, 0.2) is 31.3 Å². The zero-order valence-corrected chi connectivity index (χ0v) is 16.2. The van der Waals surface area contributed by atoms with Gasteiger partial charge in [-0.3, -0.25) is 24.2 Å². The molecule has 2 N–H and O–H groups in total. The summed E-state index contributed by atoms with van der Waals surface area (Å²) >= 11 is 0. The summed E-state index contributed by atoms with van der Waals surface area (Å²) < 4.78 is 27.0. The summed E-state index contributed by atoms with van der Waals surface area (Å²) in [6, 6.07) is 2.40. The van der Waals surface area contributed by atoms with Gasteiger partial charge in [-0.25, -0.2) is 0 Å². The van der Waals surface area contributed by atoms with Crippen LogP contribution in [0.5, 0.6) is 0 Å². The van der Waals surface area contributed by atoms with Crippen LogP contribution in [-0.4, -0.2) is 41.0 Å². The summed E-state index contributed by atoms with van der Waals surface area (Å²) in [6.07, 6.45) is 0. The minimum atomic E-state index is -2.05. The number of nitrogens with zero attached hydrogens (tertiary/aromatic N) is 1. The molecule has 14 heteroatoms. The van der Waals surface area contributed by atoms with Gasteiger partial charge in [0.1, 0.15) is 0 Å². The number of H-pyrrole nitrogens is 1. The summed E-state index contributed by atoms with van der Waals surface area (Å²) in [7, 11) is -3.95. The topological polar surface area (TPSA) is 155 Å². The molecule has 2 aliphatic heterocycles. The lowest BCUT2D eigenvalue weighted by Crippen LogP contribution is -2.45. The molecule has 0 atom stereocenters. The van der Waals surface area contributed by atoms with Gasteiger partial charge in [0.2, 0.25) is 0 Å². The van der Waals surface area contributed by atoms with Crippen LogP contribution in [0.4, 0.5) is 0 Å². The van der Waals surface area contributed by atoms with Gasteiger partial charge >= 0.3 is 17.2 Å². The first-order chi connectivity index (χ1) is 13.9. The summed E-state index contributed by atoms with van der Waals surface area (Å²) in [5.41, 5.74) is -3.45. The van der Waals surface area contributed by atoms with E-state index in [0.717, 1.165) is 0 Å². The average Bonchev–Trinajstić information content (AvgIpc) is 3.13. The molecule has 2 aromatic heterocycles. The second kappa shape index (κ2) is 6.75. The van der Waals surface area contributed by atoms with E-state index in [1.165, 1.54) is 12.1 Å². The molecule has 0 unspecified atom stereocenters. The molecule has 3 aromatic rings. The highest BCUT2D eigenvalue weighted by molar-refractivity contribution is 7.42. The lowest BCUT2D eigenvalue weighted by atomic mass is 9.93.